The molecule has 0 amide bonds. The van der Waals surface area contributed by atoms with Crippen molar-refractivity contribution < 1.29 is 9.47 Å². The van der Waals surface area contributed by atoms with Crippen LogP contribution in [-0.4, -0.2) is 38.0 Å². The third-order valence-corrected chi connectivity index (χ3v) is 3.15. The molecular formula is C13H26N2O2. The summed E-state index contributed by atoms with van der Waals surface area (Å²) in [6.07, 6.45) is 1.57. The first-order valence-electron chi connectivity index (χ1n) is 6.05. The van der Waals surface area contributed by atoms with Crippen molar-refractivity contribution in [3.05, 3.63) is 0 Å². The highest BCUT2D eigenvalue weighted by Crippen LogP contribution is 2.16. The van der Waals surface area contributed by atoms with E-state index >= 15 is 0 Å². The highest BCUT2D eigenvalue weighted by Gasteiger charge is 2.25. The van der Waals surface area contributed by atoms with Crippen molar-refractivity contribution in [1.82, 2.24) is 5.32 Å². The predicted molar refractivity (Wildman–Crippen MR) is 68.8 cm³/mol. The summed E-state index contributed by atoms with van der Waals surface area (Å²) >= 11 is 0. The maximum Gasteiger partial charge on any atom is 0.106 e. The summed E-state index contributed by atoms with van der Waals surface area (Å²) in [6, 6.07) is 2.26. The number of nitriles is 1. The zero-order chi connectivity index (χ0) is 13.5. The van der Waals surface area contributed by atoms with Crippen LogP contribution in [0.25, 0.3) is 0 Å². The predicted octanol–water partition coefficient (Wildman–Crippen LogP) is 2.10. The van der Waals surface area contributed by atoms with Crippen LogP contribution in [0, 0.1) is 11.3 Å². The molecule has 0 rings (SSSR count). The first-order chi connectivity index (χ1) is 7.78. The summed E-state index contributed by atoms with van der Waals surface area (Å²) in [4.78, 5) is 0. The quantitative estimate of drug-likeness (QED) is 0.708. The van der Waals surface area contributed by atoms with Crippen LogP contribution in [0.5, 0.6) is 0 Å². The molecule has 0 aliphatic rings. The van der Waals surface area contributed by atoms with Crippen LogP contribution in [0.1, 0.15) is 40.5 Å². The lowest BCUT2D eigenvalue weighted by Crippen LogP contribution is -2.41. The van der Waals surface area contributed by atoms with E-state index < -0.39 is 5.54 Å². The number of nitrogens with one attached hydrogen (secondary N) is 1. The van der Waals surface area contributed by atoms with Gasteiger partial charge in [0.2, 0.25) is 0 Å². The smallest absolute Gasteiger partial charge is 0.106 e. The maximum atomic E-state index is 9.04. The van der Waals surface area contributed by atoms with Crippen LogP contribution in [-0.2, 0) is 9.47 Å². The third-order valence-electron chi connectivity index (χ3n) is 3.15. The molecule has 0 aromatic carbocycles. The molecular weight excluding hydrogens is 216 g/mol. The molecule has 100 valence electrons. The fourth-order valence-corrected chi connectivity index (χ4v) is 1.45. The van der Waals surface area contributed by atoms with E-state index in [9.17, 15) is 0 Å². The molecule has 0 bridgehead atoms. The molecule has 0 spiro atoms. The molecule has 0 saturated heterocycles. The zero-order valence-electron chi connectivity index (χ0n) is 12.0. The first kappa shape index (κ1) is 16.4. The normalized spacial score (nSPS) is 17.2. The van der Waals surface area contributed by atoms with E-state index in [0.717, 1.165) is 6.42 Å². The van der Waals surface area contributed by atoms with Gasteiger partial charge in [-0.05, 0) is 41.2 Å². The molecule has 0 aliphatic heterocycles. The second kappa shape index (κ2) is 6.95. The summed E-state index contributed by atoms with van der Waals surface area (Å²) in [5.41, 5.74) is -0.669. The number of rotatable bonds is 8. The molecule has 0 fully saturated rings. The van der Waals surface area contributed by atoms with E-state index in [-0.39, 0.29) is 11.7 Å². The molecule has 2 atom stereocenters. The maximum absolute atomic E-state index is 9.04. The lowest BCUT2D eigenvalue weighted by molar-refractivity contribution is -0.0272. The minimum absolute atomic E-state index is 0.0553. The van der Waals surface area contributed by atoms with E-state index in [1.54, 1.807) is 14.2 Å². The van der Waals surface area contributed by atoms with Gasteiger partial charge in [-0.15, -0.1) is 0 Å². The van der Waals surface area contributed by atoms with Gasteiger partial charge in [0.05, 0.1) is 17.8 Å². The van der Waals surface area contributed by atoms with Crippen molar-refractivity contribution in [3.8, 4) is 6.07 Å². The molecule has 0 aromatic rings. The summed E-state index contributed by atoms with van der Waals surface area (Å²) < 4.78 is 11.0. The summed E-state index contributed by atoms with van der Waals surface area (Å²) in [5, 5.41) is 12.0. The van der Waals surface area contributed by atoms with E-state index in [4.69, 9.17) is 14.7 Å². The molecule has 2 unspecified atom stereocenters. The molecule has 4 heteroatoms. The Morgan fingerprint density at radius 2 is 1.94 bits per heavy atom. The van der Waals surface area contributed by atoms with E-state index in [0.29, 0.717) is 13.0 Å². The second-order valence-corrected chi connectivity index (χ2v) is 5.29. The van der Waals surface area contributed by atoms with Gasteiger partial charge in [0.25, 0.3) is 0 Å². The van der Waals surface area contributed by atoms with E-state index in [1.807, 2.05) is 27.7 Å². The van der Waals surface area contributed by atoms with E-state index in [1.165, 1.54) is 0 Å². The van der Waals surface area contributed by atoms with Crippen molar-refractivity contribution in [1.29, 1.82) is 5.26 Å². The van der Waals surface area contributed by atoms with Gasteiger partial charge in [0, 0.05) is 20.1 Å². The average molecular weight is 242 g/mol. The topological polar surface area (TPSA) is 54.3 Å². The minimum Gasteiger partial charge on any atom is -0.379 e. The Bertz CT molecular complexity index is 261. The highest BCUT2D eigenvalue weighted by atomic mass is 16.5. The third kappa shape index (κ3) is 6.62. The van der Waals surface area contributed by atoms with E-state index in [2.05, 4.69) is 11.4 Å². The minimum atomic E-state index is -0.518. The highest BCUT2D eigenvalue weighted by molar-refractivity contribution is 5.03. The Kier molecular flexibility index (Phi) is 6.69. The molecule has 0 saturated carbocycles. The Morgan fingerprint density at radius 1 is 1.35 bits per heavy atom. The molecule has 4 nitrogen and oxygen atoms in total. The molecule has 0 aromatic heterocycles. The number of hydrogen-bond acceptors (Lipinski definition) is 4. The first-order valence-corrected chi connectivity index (χ1v) is 6.05. The molecule has 0 aliphatic carbocycles. The SMILES string of the molecule is CNC(C)(C#N)CC(C)OCCC(C)(C)OC. The number of methoxy groups -OCH3 is 1. The van der Waals surface area contributed by atoms with Crippen molar-refractivity contribution in [2.75, 3.05) is 20.8 Å². The van der Waals surface area contributed by atoms with Crippen LogP contribution < -0.4 is 5.32 Å². The molecule has 17 heavy (non-hydrogen) atoms. The fraction of sp³-hybridized carbons (Fsp3) is 0.923. The second-order valence-electron chi connectivity index (χ2n) is 5.29. The van der Waals surface area contributed by atoms with Crippen LogP contribution in [0.4, 0.5) is 0 Å². The Labute approximate surface area is 105 Å². The largest absolute Gasteiger partial charge is 0.379 e. The fourth-order valence-electron chi connectivity index (χ4n) is 1.45. The summed E-state index contributed by atoms with van der Waals surface area (Å²) in [7, 11) is 3.50. The van der Waals surface area contributed by atoms with Gasteiger partial charge in [0.1, 0.15) is 5.54 Å². The molecule has 0 heterocycles. The van der Waals surface area contributed by atoms with Crippen LogP contribution in [0.3, 0.4) is 0 Å². The zero-order valence-corrected chi connectivity index (χ0v) is 12.0. The lowest BCUT2D eigenvalue weighted by Gasteiger charge is -2.27. The number of hydrogen-bond donors (Lipinski definition) is 1. The monoisotopic (exact) mass is 242 g/mol. The Morgan fingerprint density at radius 3 is 2.35 bits per heavy atom. The number of ether oxygens (including phenoxy) is 2. The van der Waals surface area contributed by atoms with Gasteiger partial charge in [-0.2, -0.15) is 5.26 Å². The van der Waals surface area contributed by atoms with Crippen molar-refractivity contribution in [2.24, 2.45) is 0 Å². The molecule has 0 radical (unpaired) electrons. The summed E-state index contributed by atoms with van der Waals surface area (Å²) in [5.74, 6) is 0. The Balaban J connectivity index is 3.97. The van der Waals surface area contributed by atoms with Crippen LogP contribution in [0.15, 0.2) is 0 Å². The molecule has 1 N–H and O–H groups in total. The van der Waals surface area contributed by atoms with Crippen molar-refractivity contribution in [3.63, 3.8) is 0 Å². The van der Waals surface area contributed by atoms with Gasteiger partial charge >= 0.3 is 0 Å². The number of nitrogens with zero attached hydrogens (tertiary/aromatic N) is 1. The standard InChI is InChI=1S/C13H26N2O2/c1-11(9-13(4,10-14)15-5)17-8-7-12(2,3)16-6/h11,15H,7-9H2,1-6H3. The van der Waals surface area contributed by atoms with Crippen molar-refractivity contribution in [2.45, 2.75) is 57.8 Å². The van der Waals surface area contributed by atoms with Crippen LogP contribution in [0.2, 0.25) is 0 Å². The van der Waals surface area contributed by atoms with Gasteiger partial charge < -0.3 is 14.8 Å². The Hall–Kier alpha value is -0.630. The van der Waals surface area contributed by atoms with Crippen LogP contribution >= 0.6 is 0 Å². The van der Waals surface area contributed by atoms with Gasteiger partial charge in [-0.3, -0.25) is 0 Å². The summed E-state index contributed by atoms with van der Waals surface area (Å²) in [6.45, 7) is 8.59. The lowest BCUT2D eigenvalue weighted by atomic mass is 9.97. The average Bonchev–Trinajstić information content (AvgIpc) is 2.28. The van der Waals surface area contributed by atoms with Gasteiger partial charge in [0.15, 0.2) is 0 Å². The van der Waals surface area contributed by atoms with Gasteiger partial charge in [-0.25, -0.2) is 0 Å². The van der Waals surface area contributed by atoms with Crippen molar-refractivity contribution >= 4 is 0 Å². The van der Waals surface area contributed by atoms with Gasteiger partial charge in [-0.1, -0.05) is 0 Å².